The van der Waals surface area contributed by atoms with Gasteiger partial charge < -0.3 is 4.90 Å². The van der Waals surface area contributed by atoms with Gasteiger partial charge in [-0.2, -0.15) is 0 Å². The molecule has 14 heavy (non-hydrogen) atoms. The first kappa shape index (κ1) is 9.69. The summed E-state index contributed by atoms with van der Waals surface area (Å²) >= 11 is 0. The molecule has 1 amide bonds. The van der Waals surface area contributed by atoms with E-state index in [0.717, 1.165) is 6.54 Å². The van der Waals surface area contributed by atoms with Crippen molar-refractivity contribution in [3.8, 4) is 0 Å². The van der Waals surface area contributed by atoms with Crippen molar-refractivity contribution in [1.82, 2.24) is 4.90 Å². The molecule has 3 nitrogen and oxygen atoms in total. The van der Waals surface area contributed by atoms with Crippen molar-refractivity contribution in [2.75, 3.05) is 6.54 Å². The Hall–Kier alpha value is -0.860. The van der Waals surface area contributed by atoms with Crippen LogP contribution >= 0.6 is 0 Å². The molecule has 0 bridgehead atoms. The molecule has 1 saturated carbocycles. The van der Waals surface area contributed by atoms with Gasteiger partial charge >= 0.3 is 0 Å². The van der Waals surface area contributed by atoms with Gasteiger partial charge in [-0.1, -0.05) is 13.8 Å². The van der Waals surface area contributed by atoms with E-state index >= 15 is 0 Å². The first-order valence-electron chi connectivity index (χ1n) is 5.18. The second kappa shape index (κ2) is 2.59. The third-order valence-corrected chi connectivity index (χ3v) is 4.36. The SMILES string of the molecule is CC(=O)[C@H]1N(C(C)=O)C[C@@H]2[C@@H](C)[C@@]21C. The van der Waals surface area contributed by atoms with E-state index in [0.29, 0.717) is 11.8 Å². The normalized spacial score (nSPS) is 44.9. The number of hydrogen-bond donors (Lipinski definition) is 0. The molecule has 4 atom stereocenters. The summed E-state index contributed by atoms with van der Waals surface area (Å²) in [6.07, 6.45) is 0. The average Bonchev–Trinajstić information content (AvgIpc) is 2.47. The largest absolute Gasteiger partial charge is 0.332 e. The van der Waals surface area contributed by atoms with Gasteiger partial charge in [0, 0.05) is 18.9 Å². The average molecular weight is 195 g/mol. The Bertz CT molecular complexity index is 312. The van der Waals surface area contributed by atoms with E-state index < -0.39 is 0 Å². The molecular weight excluding hydrogens is 178 g/mol. The maximum atomic E-state index is 11.6. The van der Waals surface area contributed by atoms with Crippen molar-refractivity contribution >= 4 is 11.7 Å². The van der Waals surface area contributed by atoms with Gasteiger partial charge in [0.15, 0.2) is 5.78 Å². The van der Waals surface area contributed by atoms with Gasteiger partial charge in [0.1, 0.15) is 0 Å². The van der Waals surface area contributed by atoms with Crippen molar-refractivity contribution in [2.24, 2.45) is 17.3 Å². The highest BCUT2D eigenvalue weighted by Crippen LogP contribution is 2.66. The van der Waals surface area contributed by atoms with E-state index in [9.17, 15) is 9.59 Å². The Morgan fingerprint density at radius 2 is 1.93 bits per heavy atom. The summed E-state index contributed by atoms with van der Waals surface area (Å²) < 4.78 is 0. The summed E-state index contributed by atoms with van der Waals surface area (Å²) in [7, 11) is 0. The van der Waals surface area contributed by atoms with Crippen LogP contribution in [0.15, 0.2) is 0 Å². The fourth-order valence-corrected chi connectivity index (χ4v) is 3.29. The molecule has 1 saturated heterocycles. The molecule has 2 aliphatic rings. The van der Waals surface area contributed by atoms with Gasteiger partial charge in [0.05, 0.1) is 6.04 Å². The second-order valence-corrected chi connectivity index (χ2v) is 4.95. The lowest BCUT2D eigenvalue weighted by molar-refractivity contribution is -0.137. The molecule has 0 unspecified atom stereocenters. The molecule has 3 heteroatoms. The van der Waals surface area contributed by atoms with E-state index in [4.69, 9.17) is 0 Å². The van der Waals surface area contributed by atoms with Crippen molar-refractivity contribution in [3.05, 3.63) is 0 Å². The predicted octanol–water partition coefficient (Wildman–Crippen LogP) is 1.08. The number of amides is 1. The van der Waals surface area contributed by atoms with Crippen LogP contribution in [0.5, 0.6) is 0 Å². The molecule has 2 rings (SSSR count). The maximum absolute atomic E-state index is 11.6. The fraction of sp³-hybridized carbons (Fsp3) is 0.818. The van der Waals surface area contributed by atoms with Crippen LogP contribution in [-0.4, -0.2) is 29.2 Å². The molecule has 0 aromatic carbocycles. The molecule has 0 aromatic rings. The highest BCUT2D eigenvalue weighted by molar-refractivity contribution is 5.89. The molecule has 0 N–H and O–H groups in total. The fourth-order valence-electron chi connectivity index (χ4n) is 3.29. The number of carbonyl (C=O) groups excluding carboxylic acids is 2. The summed E-state index contributed by atoms with van der Waals surface area (Å²) in [6, 6.07) is -0.167. The van der Waals surface area contributed by atoms with Crippen molar-refractivity contribution in [2.45, 2.75) is 33.7 Å². The van der Waals surface area contributed by atoms with Crippen molar-refractivity contribution < 1.29 is 9.59 Å². The Morgan fingerprint density at radius 1 is 1.36 bits per heavy atom. The Labute approximate surface area is 84.5 Å². The van der Waals surface area contributed by atoms with E-state index in [1.807, 2.05) is 0 Å². The number of likely N-dealkylation sites (tertiary alicyclic amines) is 1. The smallest absolute Gasteiger partial charge is 0.220 e. The number of piperidine rings is 1. The zero-order valence-electron chi connectivity index (χ0n) is 9.20. The number of fused-ring (bicyclic) bond motifs is 1. The monoisotopic (exact) mass is 195 g/mol. The van der Waals surface area contributed by atoms with Crippen LogP contribution < -0.4 is 0 Å². The highest BCUT2D eigenvalue weighted by atomic mass is 16.2. The number of ketones is 1. The molecule has 1 heterocycles. The van der Waals surface area contributed by atoms with Gasteiger partial charge in [-0.25, -0.2) is 0 Å². The van der Waals surface area contributed by atoms with E-state index in [-0.39, 0.29) is 23.1 Å². The maximum Gasteiger partial charge on any atom is 0.220 e. The first-order valence-corrected chi connectivity index (χ1v) is 5.18. The molecule has 0 radical (unpaired) electrons. The number of Topliss-reactive ketones (excluding diaryl/α,β-unsaturated/α-hetero) is 1. The topological polar surface area (TPSA) is 37.4 Å². The molecule has 1 aliphatic heterocycles. The van der Waals surface area contributed by atoms with Crippen LogP contribution in [0.3, 0.4) is 0 Å². The first-order chi connectivity index (χ1) is 6.40. The van der Waals surface area contributed by atoms with Crippen molar-refractivity contribution in [3.63, 3.8) is 0 Å². The summed E-state index contributed by atoms with van der Waals surface area (Å²) in [5, 5.41) is 0. The summed E-state index contributed by atoms with van der Waals surface area (Å²) in [5.74, 6) is 1.30. The Balaban J connectivity index is 2.29. The van der Waals surface area contributed by atoms with E-state index in [1.165, 1.54) is 0 Å². The predicted molar refractivity (Wildman–Crippen MR) is 52.6 cm³/mol. The zero-order chi connectivity index (χ0) is 10.7. The van der Waals surface area contributed by atoms with Gasteiger partial charge in [0.2, 0.25) is 5.91 Å². The van der Waals surface area contributed by atoms with Gasteiger partial charge in [-0.05, 0) is 18.8 Å². The molecule has 1 aliphatic carbocycles. The van der Waals surface area contributed by atoms with Crippen LogP contribution in [0.25, 0.3) is 0 Å². The van der Waals surface area contributed by atoms with Crippen molar-refractivity contribution in [1.29, 1.82) is 0 Å². The molecule has 78 valence electrons. The quantitative estimate of drug-likeness (QED) is 0.628. The van der Waals surface area contributed by atoms with Crippen LogP contribution in [0.4, 0.5) is 0 Å². The molecule has 2 fully saturated rings. The molecule has 0 aromatic heterocycles. The van der Waals surface area contributed by atoms with Gasteiger partial charge in [-0.3, -0.25) is 9.59 Å². The number of rotatable bonds is 1. The van der Waals surface area contributed by atoms with E-state index in [2.05, 4.69) is 13.8 Å². The Kier molecular flexibility index (Phi) is 1.79. The minimum atomic E-state index is -0.167. The minimum Gasteiger partial charge on any atom is -0.332 e. The van der Waals surface area contributed by atoms with Crippen LogP contribution in [0.2, 0.25) is 0 Å². The van der Waals surface area contributed by atoms with Crippen LogP contribution in [0, 0.1) is 17.3 Å². The van der Waals surface area contributed by atoms with E-state index in [1.54, 1.807) is 18.7 Å². The highest BCUT2D eigenvalue weighted by Gasteiger charge is 2.70. The third kappa shape index (κ3) is 0.928. The summed E-state index contributed by atoms with van der Waals surface area (Å²) in [4.78, 5) is 24.6. The minimum absolute atomic E-state index is 0.0332. The number of hydrogen-bond acceptors (Lipinski definition) is 2. The van der Waals surface area contributed by atoms with Crippen LogP contribution in [-0.2, 0) is 9.59 Å². The Morgan fingerprint density at radius 3 is 2.36 bits per heavy atom. The van der Waals surface area contributed by atoms with Gasteiger partial charge in [0.25, 0.3) is 0 Å². The second-order valence-electron chi connectivity index (χ2n) is 4.95. The summed E-state index contributed by atoms with van der Waals surface area (Å²) in [6.45, 7) is 8.24. The van der Waals surface area contributed by atoms with Gasteiger partial charge in [-0.15, -0.1) is 0 Å². The molecular formula is C11H17NO2. The summed E-state index contributed by atoms with van der Waals surface area (Å²) in [5.41, 5.74) is 0.0670. The lowest BCUT2D eigenvalue weighted by Gasteiger charge is -2.29. The lowest BCUT2D eigenvalue weighted by Crippen LogP contribution is -2.45. The standard InChI is InChI=1S/C11H17NO2/c1-6-9-5-12(8(3)14)10(7(2)13)11(6,9)4/h6,9-10H,5H2,1-4H3/t6-,9-,10-,11+/m1/s1. The number of nitrogens with zero attached hydrogens (tertiary/aromatic N) is 1. The van der Waals surface area contributed by atoms with Crippen LogP contribution in [0.1, 0.15) is 27.7 Å². The third-order valence-electron chi connectivity index (χ3n) is 4.36. The molecule has 0 spiro atoms. The zero-order valence-corrected chi connectivity index (χ0v) is 9.20. The number of carbonyl (C=O) groups is 2. The lowest BCUT2D eigenvalue weighted by atomic mass is 9.93.